The van der Waals surface area contributed by atoms with E-state index < -0.39 is 0 Å². The fourth-order valence-electron chi connectivity index (χ4n) is 3.28. The van der Waals surface area contributed by atoms with E-state index in [9.17, 15) is 9.18 Å². The summed E-state index contributed by atoms with van der Waals surface area (Å²) in [5.41, 5.74) is 4.92. The van der Waals surface area contributed by atoms with Crippen molar-refractivity contribution in [3.63, 3.8) is 0 Å². The highest BCUT2D eigenvalue weighted by atomic mass is 19.1. The van der Waals surface area contributed by atoms with Gasteiger partial charge in [0, 0.05) is 23.0 Å². The monoisotopic (exact) mass is 402 g/mol. The summed E-state index contributed by atoms with van der Waals surface area (Å²) in [4.78, 5) is 16.7. The van der Waals surface area contributed by atoms with Crippen LogP contribution in [0.2, 0.25) is 0 Å². The van der Waals surface area contributed by atoms with Gasteiger partial charge in [-0.05, 0) is 68.3 Å². The van der Waals surface area contributed by atoms with Crippen molar-refractivity contribution in [3.8, 4) is 22.4 Å². The number of pyridine rings is 1. The maximum absolute atomic E-state index is 13.2. The lowest BCUT2D eigenvalue weighted by Gasteiger charge is -2.20. The van der Waals surface area contributed by atoms with Crippen LogP contribution in [0, 0.1) is 5.82 Å². The standard InChI is InChI=1S/C24H23FN4O/c1-24(2,3)28-23(30)27-20-6-4-5-18(13-20)21-15-26-22-14-17(11-12-29(21)22)16-7-9-19(25)10-8-16/h4-15H,1-3H3,(H2,27,28,30). The number of urea groups is 1. The molecule has 2 aromatic carbocycles. The van der Waals surface area contributed by atoms with Crippen LogP contribution >= 0.6 is 0 Å². The Labute approximate surface area is 174 Å². The van der Waals surface area contributed by atoms with Gasteiger partial charge in [-0.3, -0.25) is 4.40 Å². The summed E-state index contributed by atoms with van der Waals surface area (Å²) in [5, 5.41) is 5.76. The zero-order valence-corrected chi connectivity index (χ0v) is 17.1. The van der Waals surface area contributed by atoms with Crippen LogP contribution in [0.5, 0.6) is 0 Å². The van der Waals surface area contributed by atoms with Gasteiger partial charge in [0.15, 0.2) is 0 Å². The zero-order chi connectivity index (χ0) is 21.3. The van der Waals surface area contributed by atoms with Crippen LogP contribution < -0.4 is 10.6 Å². The number of anilines is 1. The predicted molar refractivity (Wildman–Crippen MR) is 118 cm³/mol. The molecule has 0 aliphatic carbocycles. The minimum atomic E-state index is -0.314. The molecule has 0 fully saturated rings. The molecule has 152 valence electrons. The molecule has 0 aliphatic rings. The first-order valence-corrected chi connectivity index (χ1v) is 9.71. The Morgan fingerprint density at radius 3 is 2.47 bits per heavy atom. The molecule has 6 heteroatoms. The van der Waals surface area contributed by atoms with Gasteiger partial charge in [0.25, 0.3) is 0 Å². The SMILES string of the molecule is CC(C)(C)NC(=O)Nc1cccc(-c2cnc3cc(-c4ccc(F)cc4)ccn23)c1. The number of imidazole rings is 1. The molecule has 0 radical (unpaired) electrons. The number of nitrogens with zero attached hydrogens (tertiary/aromatic N) is 2. The molecular weight excluding hydrogens is 379 g/mol. The van der Waals surface area contributed by atoms with Gasteiger partial charge in [-0.2, -0.15) is 0 Å². The largest absolute Gasteiger partial charge is 0.333 e. The molecule has 0 bridgehead atoms. The lowest BCUT2D eigenvalue weighted by atomic mass is 10.1. The Morgan fingerprint density at radius 2 is 1.73 bits per heavy atom. The molecule has 0 spiro atoms. The second kappa shape index (κ2) is 7.63. The van der Waals surface area contributed by atoms with Crippen LogP contribution in [0.1, 0.15) is 20.8 Å². The number of nitrogens with one attached hydrogen (secondary N) is 2. The van der Waals surface area contributed by atoms with Gasteiger partial charge in [-0.1, -0.05) is 24.3 Å². The summed E-state index contributed by atoms with van der Waals surface area (Å²) in [6, 6.07) is 17.7. The smallest absolute Gasteiger partial charge is 0.319 e. The maximum Gasteiger partial charge on any atom is 0.319 e. The Balaban J connectivity index is 1.62. The minimum Gasteiger partial charge on any atom is -0.333 e. The Morgan fingerprint density at radius 1 is 0.967 bits per heavy atom. The molecule has 5 nitrogen and oxygen atoms in total. The van der Waals surface area contributed by atoms with Crippen LogP contribution in [0.3, 0.4) is 0 Å². The zero-order valence-electron chi connectivity index (χ0n) is 17.1. The highest BCUT2D eigenvalue weighted by molar-refractivity contribution is 5.90. The lowest BCUT2D eigenvalue weighted by molar-refractivity contribution is 0.244. The van der Waals surface area contributed by atoms with Gasteiger partial charge in [-0.25, -0.2) is 14.2 Å². The number of carbonyl (C=O) groups is 1. The van der Waals surface area contributed by atoms with Crippen molar-refractivity contribution in [3.05, 3.63) is 78.9 Å². The molecule has 2 aromatic heterocycles. The van der Waals surface area contributed by atoms with Gasteiger partial charge < -0.3 is 10.6 Å². The first-order valence-electron chi connectivity index (χ1n) is 9.71. The number of rotatable bonds is 3. The van der Waals surface area contributed by atoms with E-state index in [0.717, 1.165) is 28.0 Å². The molecule has 0 unspecified atom stereocenters. The van der Waals surface area contributed by atoms with E-state index in [-0.39, 0.29) is 17.4 Å². The summed E-state index contributed by atoms with van der Waals surface area (Å²) in [7, 11) is 0. The number of amides is 2. The normalized spacial score (nSPS) is 11.5. The summed E-state index contributed by atoms with van der Waals surface area (Å²) in [6.45, 7) is 5.80. The summed E-state index contributed by atoms with van der Waals surface area (Å²) in [5.74, 6) is -0.257. The number of fused-ring (bicyclic) bond motifs is 1. The van der Waals surface area contributed by atoms with Crippen LogP contribution in [-0.4, -0.2) is 21.0 Å². The number of hydrogen-bond donors (Lipinski definition) is 2. The Kier molecular flexibility index (Phi) is 4.99. The molecule has 0 atom stereocenters. The van der Waals surface area contributed by atoms with Crippen LogP contribution in [0.4, 0.5) is 14.9 Å². The molecule has 4 aromatic rings. The summed E-state index contributed by atoms with van der Waals surface area (Å²) in [6.07, 6.45) is 3.75. The third-order valence-corrected chi connectivity index (χ3v) is 4.60. The summed E-state index contributed by atoms with van der Waals surface area (Å²) < 4.78 is 15.2. The number of carbonyl (C=O) groups excluding carboxylic acids is 1. The van der Waals surface area contributed by atoms with E-state index >= 15 is 0 Å². The van der Waals surface area contributed by atoms with E-state index in [1.54, 1.807) is 18.3 Å². The fourth-order valence-corrected chi connectivity index (χ4v) is 3.28. The van der Waals surface area contributed by atoms with Crippen molar-refractivity contribution in [2.45, 2.75) is 26.3 Å². The van der Waals surface area contributed by atoms with Crippen molar-refractivity contribution in [2.75, 3.05) is 5.32 Å². The molecule has 4 rings (SSSR count). The van der Waals surface area contributed by atoms with Crippen LogP contribution in [0.25, 0.3) is 28.0 Å². The molecule has 2 heterocycles. The lowest BCUT2D eigenvalue weighted by Crippen LogP contribution is -2.43. The van der Waals surface area contributed by atoms with E-state index in [1.165, 1.54) is 12.1 Å². The van der Waals surface area contributed by atoms with E-state index in [4.69, 9.17) is 0 Å². The second-order valence-electron chi connectivity index (χ2n) is 8.20. The molecule has 2 amide bonds. The highest BCUT2D eigenvalue weighted by Crippen LogP contribution is 2.27. The van der Waals surface area contributed by atoms with E-state index in [1.807, 2.05) is 67.8 Å². The Bertz CT molecular complexity index is 1210. The molecule has 0 saturated carbocycles. The number of benzene rings is 2. The predicted octanol–water partition coefficient (Wildman–Crippen LogP) is 5.73. The first-order chi connectivity index (χ1) is 14.3. The molecular formula is C24H23FN4O. The van der Waals surface area contributed by atoms with Gasteiger partial charge in [-0.15, -0.1) is 0 Å². The maximum atomic E-state index is 13.2. The number of aromatic nitrogens is 2. The van der Waals surface area contributed by atoms with E-state index in [2.05, 4.69) is 15.6 Å². The van der Waals surface area contributed by atoms with Crippen molar-refractivity contribution in [1.82, 2.24) is 14.7 Å². The van der Waals surface area contributed by atoms with Crippen molar-refractivity contribution < 1.29 is 9.18 Å². The molecule has 30 heavy (non-hydrogen) atoms. The average Bonchev–Trinajstić information content (AvgIpc) is 3.10. The van der Waals surface area contributed by atoms with Gasteiger partial charge in [0.2, 0.25) is 0 Å². The third kappa shape index (κ3) is 4.33. The minimum absolute atomic E-state index is 0.248. The van der Waals surface area contributed by atoms with Crippen molar-refractivity contribution in [1.29, 1.82) is 0 Å². The molecule has 0 saturated heterocycles. The van der Waals surface area contributed by atoms with Gasteiger partial charge in [0.05, 0.1) is 11.9 Å². The number of halogens is 1. The molecule has 0 aliphatic heterocycles. The van der Waals surface area contributed by atoms with Gasteiger partial charge in [0.1, 0.15) is 11.5 Å². The van der Waals surface area contributed by atoms with Crippen molar-refractivity contribution in [2.24, 2.45) is 0 Å². The van der Waals surface area contributed by atoms with Crippen molar-refractivity contribution >= 4 is 17.4 Å². The summed E-state index contributed by atoms with van der Waals surface area (Å²) >= 11 is 0. The third-order valence-electron chi connectivity index (χ3n) is 4.60. The highest BCUT2D eigenvalue weighted by Gasteiger charge is 2.14. The Hall–Kier alpha value is -3.67. The second-order valence-corrected chi connectivity index (χ2v) is 8.20. The number of hydrogen-bond acceptors (Lipinski definition) is 2. The quantitative estimate of drug-likeness (QED) is 0.460. The topological polar surface area (TPSA) is 58.4 Å². The van der Waals surface area contributed by atoms with Crippen LogP contribution in [-0.2, 0) is 0 Å². The first kappa shape index (κ1) is 19.6. The van der Waals surface area contributed by atoms with Gasteiger partial charge >= 0.3 is 6.03 Å². The van der Waals surface area contributed by atoms with E-state index in [0.29, 0.717) is 5.69 Å². The van der Waals surface area contributed by atoms with Crippen LogP contribution in [0.15, 0.2) is 73.1 Å². The molecule has 2 N–H and O–H groups in total. The fraction of sp³-hybridized carbons (Fsp3) is 0.167. The average molecular weight is 402 g/mol.